The predicted molar refractivity (Wildman–Crippen MR) is 66.2 cm³/mol. The van der Waals surface area contributed by atoms with Gasteiger partial charge in [-0.05, 0) is 24.6 Å². The summed E-state index contributed by atoms with van der Waals surface area (Å²) in [5, 5.41) is 3.33. The van der Waals surface area contributed by atoms with Gasteiger partial charge in [-0.15, -0.1) is 0 Å². The van der Waals surface area contributed by atoms with Gasteiger partial charge in [0.25, 0.3) is 0 Å². The Hall–Kier alpha value is -2.03. The van der Waals surface area contributed by atoms with E-state index in [1.807, 2.05) is 24.3 Å². The van der Waals surface area contributed by atoms with Crippen LogP contribution in [0.25, 0.3) is 0 Å². The molecule has 3 nitrogen and oxygen atoms in total. The molecule has 0 saturated carbocycles. The van der Waals surface area contributed by atoms with Gasteiger partial charge in [0.05, 0.1) is 6.04 Å². The van der Waals surface area contributed by atoms with Crippen LogP contribution in [0.3, 0.4) is 0 Å². The summed E-state index contributed by atoms with van der Waals surface area (Å²) < 4.78 is 0. The number of rotatable bonds is 1. The van der Waals surface area contributed by atoms with Gasteiger partial charge in [0.15, 0.2) is 0 Å². The van der Waals surface area contributed by atoms with Crippen LogP contribution in [-0.2, 0) is 0 Å². The highest BCUT2D eigenvalue weighted by Crippen LogP contribution is 2.23. The van der Waals surface area contributed by atoms with E-state index >= 15 is 0 Å². The smallest absolute Gasteiger partial charge is 0.135 e. The number of benzene rings is 1. The predicted octanol–water partition coefficient (Wildman–Crippen LogP) is 1.83. The molecule has 0 aromatic heterocycles. The SMILES string of the molecule is Nc1ccccc1C1=NC2CC=CC=C2N1. The van der Waals surface area contributed by atoms with Crippen LogP contribution in [0.5, 0.6) is 0 Å². The molecule has 1 aliphatic heterocycles. The number of nitrogens with one attached hydrogen (secondary N) is 1. The molecular formula is C13H13N3. The number of anilines is 1. The molecular weight excluding hydrogens is 198 g/mol. The van der Waals surface area contributed by atoms with E-state index in [4.69, 9.17) is 5.73 Å². The maximum atomic E-state index is 5.93. The second kappa shape index (κ2) is 3.52. The number of hydrogen-bond acceptors (Lipinski definition) is 3. The third kappa shape index (κ3) is 1.41. The van der Waals surface area contributed by atoms with E-state index in [1.54, 1.807) is 0 Å². The van der Waals surface area contributed by atoms with Crippen LogP contribution < -0.4 is 11.1 Å². The molecule has 3 N–H and O–H groups in total. The molecule has 0 spiro atoms. The average molecular weight is 211 g/mol. The monoisotopic (exact) mass is 211 g/mol. The van der Waals surface area contributed by atoms with E-state index in [9.17, 15) is 0 Å². The molecule has 1 heterocycles. The van der Waals surface area contributed by atoms with Crippen molar-refractivity contribution in [3.05, 3.63) is 53.8 Å². The number of nitrogen functional groups attached to an aromatic ring is 1. The molecule has 0 radical (unpaired) electrons. The Bertz CT molecular complexity index is 512. The van der Waals surface area contributed by atoms with Crippen LogP contribution in [0, 0.1) is 0 Å². The van der Waals surface area contributed by atoms with E-state index in [0.29, 0.717) is 0 Å². The van der Waals surface area contributed by atoms with Crippen LogP contribution in [0.2, 0.25) is 0 Å². The number of allylic oxidation sites excluding steroid dienone is 2. The van der Waals surface area contributed by atoms with Crippen LogP contribution in [0.4, 0.5) is 5.69 Å². The number of hydrogen-bond donors (Lipinski definition) is 2. The van der Waals surface area contributed by atoms with E-state index in [-0.39, 0.29) is 6.04 Å². The minimum Gasteiger partial charge on any atom is -0.398 e. The number of nitrogens with two attached hydrogens (primary N) is 1. The highest BCUT2D eigenvalue weighted by molar-refractivity contribution is 6.05. The van der Waals surface area contributed by atoms with Crippen LogP contribution >= 0.6 is 0 Å². The van der Waals surface area contributed by atoms with Gasteiger partial charge in [-0.2, -0.15) is 0 Å². The van der Waals surface area contributed by atoms with E-state index in [0.717, 1.165) is 23.5 Å². The first-order valence-corrected chi connectivity index (χ1v) is 5.41. The fourth-order valence-electron chi connectivity index (χ4n) is 2.04. The van der Waals surface area contributed by atoms with Crippen molar-refractivity contribution < 1.29 is 0 Å². The Balaban J connectivity index is 1.97. The van der Waals surface area contributed by atoms with Crippen molar-refractivity contribution in [1.29, 1.82) is 0 Å². The largest absolute Gasteiger partial charge is 0.398 e. The maximum Gasteiger partial charge on any atom is 0.135 e. The Labute approximate surface area is 94.4 Å². The Kier molecular flexibility index (Phi) is 2.03. The first-order chi connectivity index (χ1) is 7.84. The van der Waals surface area contributed by atoms with Crippen molar-refractivity contribution in [2.45, 2.75) is 12.5 Å². The maximum absolute atomic E-state index is 5.93. The van der Waals surface area contributed by atoms with Gasteiger partial charge in [-0.1, -0.05) is 24.3 Å². The number of aliphatic imine (C=N–C) groups is 1. The standard InChI is InChI=1S/C13H13N3/c14-10-6-2-1-5-9(10)13-15-11-7-3-4-8-12(11)16-13/h1-7,12H,8,14H2,(H,15,16). The third-order valence-electron chi connectivity index (χ3n) is 2.89. The molecule has 1 unspecified atom stereocenters. The van der Waals surface area contributed by atoms with Gasteiger partial charge in [-0.25, -0.2) is 0 Å². The zero-order valence-corrected chi connectivity index (χ0v) is 8.85. The van der Waals surface area contributed by atoms with Crippen molar-refractivity contribution >= 4 is 11.5 Å². The normalized spacial score (nSPS) is 22.1. The highest BCUT2D eigenvalue weighted by atomic mass is 15.1. The molecule has 0 fully saturated rings. The average Bonchev–Trinajstić information content (AvgIpc) is 2.73. The number of para-hydroxylation sites is 1. The lowest BCUT2D eigenvalue weighted by molar-refractivity contribution is 0.784. The van der Waals surface area contributed by atoms with Crippen molar-refractivity contribution in [3.63, 3.8) is 0 Å². The molecule has 1 aromatic rings. The van der Waals surface area contributed by atoms with Crippen molar-refractivity contribution in [2.24, 2.45) is 4.99 Å². The lowest BCUT2D eigenvalue weighted by atomic mass is 10.1. The van der Waals surface area contributed by atoms with E-state index in [1.165, 1.54) is 5.70 Å². The Morgan fingerprint density at radius 1 is 1.31 bits per heavy atom. The van der Waals surface area contributed by atoms with Gasteiger partial charge in [0.2, 0.25) is 0 Å². The highest BCUT2D eigenvalue weighted by Gasteiger charge is 2.24. The zero-order valence-electron chi connectivity index (χ0n) is 8.85. The summed E-state index contributed by atoms with van der Waals surface area (Å²) in [5.41, 5.74) is 8.85. The van der Waals surface area contributed by atoms with Gasteiger partial charge in [0.1, 0.15) is 5.84 Å². The second-order valence-electron chi connectivity index (χ2n) is 3.99. The molecule has 1 aromatic carbocycles. The molecule has 16 heavy (non-hydrogen) atoms. The number of fused-ring (bicyclic) bond motifs is 1. The molecule has 0 saturated heterocycles. The van der Waals surface area contributed by atoms with Gasteiger partial charge < -0.3 is 11.1 Å². The summed E-state index contributed by atoms with van der Waals surface area (Å²) in [7, 11) is 0. The minimum atomic E-state index is 0.250. The molecule has 0 amide bonds. The van der Waals surface area contributed by atoms with E-state index < -0.39 is 0 Å². The first kappa shape index (κ1) is 9.21. The minimum absolute atomic E-state index is 0.250. The Morgan fingerprint density at radius 3 is 3.00 bits per heavy atom. The van der Waals surface area contributed by atoms with Gasteiger partial charge in [-0.3, -0.25) is 4.99 Å². The molecule has 3 heteroatoms. The molecule has 3 rings (SSSR count). The molecule has 1 atom stereocenters. The molecule has 2 aliphatic rings. The summed E-state index contributed by atoms with van der Waals surface area (Å²) in [4.78, 5) is 4.65. The lowest BCUT2D eigenvalue weighted by Crippen LogP contribution is -2.21. The van der Waals surface area contributed by atoms with Crippen molar-refractivity contribution in [1.82, 2.24) is 5.32 Å². The first-order valence-electron chi connectivity index (χ1n) is 5.41. The lowest BCUT2D eigenvalue weighted by Gasteiger charge is -2.09. The number of nitrogens with zero attached hydrogens (tertiary/aromatic N) is 1. The van der Waals surface area contributed by atoms with Crippen LogP contribution in [0.15, 0.2) is 53.2 Å². The summed E-state index contributed by atoms with van der Waals surface area (Å²) in [6.07, 6.45) is 7.24. The zero-order chi connectivity index (χ0) is 11.0. The second-order valence-corrected chi connectivity index (χ2v) is 3.99. The summed E-state index contributed by atoms with van der Waals surface area (Å²) in [6.45, 7) is 0. The van der Waals surface area contributed by atoms with Gasteiger partial charge in [0, 0.05) is 16.9 Å². The topological polar surface area (TPSA) is 50.4 Å². The van der Waals surface area contributed by atoms with Gasteiger partial charge >= 0.3 is 0 Å². The summed E-state index contributed by atoms with van der Waals surface area (Å²) in [5.74, 6) is 0.887. The number of amidine groups is 1. The van der Waals surface area contributed by atoms with Crippen LogP contribution in [0.1, 0.15) is 12.0 Å². The molecule has 0 bridgehead atoms. The summed E-state index contributed by atoms with van der Waals surface area (Å²) in [6, 6.07) is 8.05. The molecule has 1 aliphatic carbocycles. The van der Waals surface area contributed by atoms with Crippen molar-refractivity contribution in [2.75, 3.05) is 5.73 Å². The fourth-order valence-corrected chi connectivity index (χ4v) is 2.04. The Morgan fingerprint density at radius 2 is 2.19 bits per heavy atom. The van der Waals surface area contributed by atoms with Crippen molar-refractivity contribution in [3.8, 4) is 0 Å². The van der Waals surface area contributed by atoms with E-state index in [2.05, 4.69) is 28.5 Å². The van der Waals surface area contributed by atoms with Crippen LogP contribution in [-0.4, -0.2) is 11.9 Å². The molecule has 80 valence electrons. The quantitative estimate of drug-likeness (QED) is 0.696. The fraction of sp³-hybridized carbons (Fsp3) is 0.154. The third-order valence-corrected chi connectivity index (χ3v) is 2.89. The summed E-state index contributed by atoms with van der Waals surface area (Å²) >= 11 is 0.